The van der Waals surface area contributed by atoms with Crippen molar-refractivity contribution < 1.29 is 19.4 Å². The van der Waals surface area contributed by atoms with E-state index in [1.54, 1.807) is 0 Å². The first-order chi connectivity index (χ1) is 19.1. The molecule has 0 radical (unpaired) electrons. The van der Waals surface area contributed by atoms with Crippen molar-refractivity contribution in [1.82, 2.24) is 14.3 Å². The number of aromatic nitrogens is 2. The van der Waals surface area contributed by atoms with E-state index in [1.165, 1.54) is 35.7 Å². The summed E-state index contributed by atoms with van der Waals surface area (Å²) >= 11 is 2.64. The number of nitrogens with zero attached hydrogens (tertiary/aromatic N) is 4. The molecule has 3 aliphatic rings. The third-order valence-electron chi connectivity index (χ3n) is 8.80. The summed E-state index contributed by atoms with van der Waals surface area (Å²) in [6, 6.07) is 1.94. The number of hydrogen-bond donors (Lipinski definition) is 1. The van der Waals surface area contributed by atoms with Gasteiger partial charge in [-0.25, -0.2) is 4.79 Å². The number of carboxylic acid groups (broad SMARTS) is 1. The summed E-state index contributed by atoms with van der Waals surface area (Å²) in [6.07, 6.45) is 9.53. The summed E-state index contributed by atoms with van der Waals surface area (Å²) in [5.74, 6) is 0.587. The monoisotopic (exact) mass is 588 g/mol. The maximum atomic E-state index is 14.1. The fraction of sp³-hybridized carbons (Fsp3) is 0.733. The lowest BCUT2D eigenvalue weighted by molar-refractivity contribution is -0.124. The first-order valence-corrected chi connectivity index (χ1v) is 16.6. The molecule has 220 valence electrons. The predicted molar refractivity (Wildman–Crippen MR) is 160 cm³/mol. The predicted octanol–water partition coefficient (Wildman–Crippen LogP) is 6.74. The van der Waals surface area contributed by atoms with Crippen molar-refractivity contribution in [3.8, 4) is 5.19 Å². The van der Waals surface area contributed by atoms with E-state index >= 15 is 0 Å². The number of carboxylic acids is 1. The van der Waals surface area contributed by atoms with E-state index in [4.69, 9.17) is 4.74 Å². The summed E-state index contributed by atoms with van der Waals surface area (Å²) in [7, 11) is 0. The van der Waals surface area contributed by atoms with Gasteiger partial charge in [0, 0.05) is 28.4 Å². The van der Waals surface area contributed by atoms with Crippen molar-refractivity contribution in [3.05, 3.63) is 21.6 Å². The number of carbonyl (C=O) groups is 2. The van der Waals surface area contributed by atoms with Crippen LogP contribution in [0.15, 0.2) is 6.07 Å². The van der Waals surface area contributed by atoms with Crippen LogP contribution in [0.1, 0.15) is 112 Å². The van der Waals surface area contributed by atoms with E-state index in [1.807, 2.05) is 11.0 Å². The molecule has 0 atom stereocenters. The Kier molecular flexibility index (Phi) is 9.17. The second kappa shape index (κ2) is 12.4. The van der Waals surface area contributed by atoms with Crippen molar-refractivity contribution in [1.29, 1.82) is 0 Å². The highest BCUT2D eigenvalue weighted by Gasteiger charge is 2.38. The van der Waals surface area contributed by atoms with Gasteiger partial charge in [-0.15, -0.1) is 11.3 Å². The zero-order chi connectivity index (χ0) is 28.4. The number of rotatable bonds is 8. The van der Waals surface area contributed by atoms with Crippen LogP contribution in [-0.4, -0.2) is 56.5 Å². The zero-order valence-corrected chi connectivity index (χ0v) is 26.0. The van der Waals surface area contributed by atoms with Crippen LogP contribution in [0.2, 0.25) is 0 Å². The highest BCUT2D eigenvalue weighted by Crippen LogP contribution is 2.42. The van der Waals surface area contributed by atoms with Gasteiger partial charge in [0.2, 0.25) is 5.91 Å². The van der Waals surface area contributed by atoms with Crippen LogP contribution in [0.25, 0.3) is 0 Å². The minimum absolute atomic E-state index is 0.0304. The molecule has 2 aliphatic carbocycles. The molecule has 5 rings (SSSR count). The first kappa shape index (κ1) is 29.5. The average molecular weight is 589 g/mol. The van der Waals surface area contributed by atoms with Crippen molar-refractivity contribution in [2.24, 2.45) is 11.8 Å². The number of likely N-dealkylation sites (tertiary alicyclic amines) is 1. The SMILES string of the molecule is CC1CCC(C(=O)N(c2cc(C(C)(C)C)sc2C(=O)O)C2CCC(Oc3nc(CN4CCCC4)ns3)CC2)CC1. The van der Waals surface area contributed by atoms with Crippen LogP contribution in [-0.2, 0) is 16.8 Å². The number of ether oxygens (including phenoxy) is 1. The zero-order valence-electron chi connectivity index (χ0n) is 24.4. The van der Waals surface area contributed by atoms with Crippen LogP contribution < -0.4 is 9.64 Å². The second-order valence-corrected chi connectivity index (χ2v) is 14.8. The Labute approximate surface area is 246 Å². The molecule has 1 saturated heterocycles. The Hall–Kier alpha value is -2.04. The fourth-order valence-electron chi connectivity index (χ4n) is 6.34. The minimum Gasteiger partial charge on any atom is -0.477 e. The number of hydrogen-bond acceptors (Lipinski definition) is 8. The molecule has 0 spiro atoms. The molecule has 1 N–H and O–H groups in total. The highest BCUT2D eigenvalue weighted by molar-refractivity contribution is 7.14. The van der Waals surface area contributed by atoms with Crippen LogP contribution in [0.3, 0.4) is 0 Å². The largest absolute Gasteiger partial charge is 0.477 e. The number of thiophene rings is 1. The van der Waals surface area contributed by atoms with Crippen LogP contribution in [0, 0.1) is 11.8 Å². The normalized spacial score (nSPS) is 26.1. The Balaban J connectivity index is 1.31. The van der Waals surface area contributed by atoms with Crippen molar-refractivity contribution in [3.63, 3.8) is 0 Å². The van der Waals surface area contributed by atoms with Crippen LogP contribution in [0.5, 0.6) is 5.19 Å². The smallest absolute Gasteiger partial charge is 0.348 e. The third-order valence-corrected chi connectivity index (χ3v) is 11.0. The summed E-state index contributed by atoms with van der Waals surface area (Å²) in [6.45, 7) is 11.5. The maximum absolute atomic E-state index is 14.1. The van der Waals surface area contributed by atoms with Crippen LogP contribution >= 0.6 is 22.9 Å². The molecule has 8 nitrogen and oxygen atoms in total. The van der Waals surface area contributed by atoms with Gasteiger partial charge in [0.15, 0.2) is 5.82 Å². The highest BCUT2D eigenvalue weighted by atomic mass is 32.1. The Bertz CT molecular complexity index is 1170. The molecule has 3 fully saturated rings. The fourth-order valence-corrected chi connectivity index (χ4v) is 7.99. The number of amides is 1. The molecule has 40 heavy (non-hydrogen) atoms. The molecule has 3 heterocycles. The molecule has 10 heteroatoms. The average Bonchev–Trinajstić information content (AvgIpc) is 3.68. The summed E-state index contributed by atoms with van der Waals surface area (Å²) < 4.78 is 10.8. The summed E-state index contributed by atoms with van der Waals surface area (Å²) in [5, 5.41) is 10.8. The topological polar surface area (TPSA) is 95.9 Å². The van der Waals surface area contributed by atoms with Gasteiger partial charge in [0.05, 0.1) is 12.2 Å². The van der Waals surface area contributed by atoms with Gasteiger partial charge < -0.3 is 14.7 Å². The third kappa shape index (κ3) is 6.87. The van der Waals surface area contributed by atoms with Gasteiger partial charge in [-0.3, -0.25) is 9.69 Å². The molecular formula is C30H44N4O4S2. The van der Waals surface area contributed by atoms with Gasteiger partial charge in [-0.1, -0.05) is 27.7 Å². The lowest BCUT2D eigenvalue weighted by atomic mass is 9.81. The Morgan fingerprint density at radius 1 is 1.07 bits per heavy atom. The lowest BCUT2D eigenvalue weighted by Gasteiger charge is -2.39. The van der Waals surface area contributed by atoms with E-state index in [0.717, 1.165) is 81.7 Å². The molecule has 2 aromatic heterocycles. The lowest BCUT2D eigenvalue weighted by Crippen LogP contribution is -2.47. The van der Waals surface area contributed by atoms with Gasteiger partial charge in [-0.2, -0.15) is 9.36 Å². The minimum atomic E-state index is -0.955. The standard InChI is InChI=1S/C30H44N4O4S2/c1-19-7-9-20(10-8-19)27(35)34(23-17-24(30(2,3)4)39-26(23)28(36)37)21-11-13-22(14-12-21)38-29-31-25(32-40-29)18-33-15-5-6-16-33/h17,19-22H,5-16,18H2,1-4H3,(H,36,37). The first-order valence-electron chi connectivity index (χ1n) is 15.0. The number of carbonyl (C=O) groups excluding carboxylic acids is 1. The number of aromatic carboxylic acids is 1. The quantitative estimate of drug-likeness (QED) is 0.365. The number of anilines is 1. The van der Waals surface area contributed by atoms with E-state index < -0.39 is 5.97 Å². The van der Waals surface area contributed by atoms with Crippen molar-refractivity contribution >= 4 is 40.4 Å². The molecule has 2 aromatic rings. The van der Waals surface area contributed by atoms with E-state index in [9.17, 15) is 14.7 Å². The van der Waals surface area contributed by atoms with E-state index in [2.05, 4.69) is 42.0 Å². The second-order valence-electron chi connectivity index (χ2n) is 13.1. The summed E-state index contributed by atoms with van der Waals surface area (Å²) in [5.41, 5.74) is 0.397. The van der Waals surface area contributed by atoms with Gasteiger partial charge in [0.25, 0.3) is 5.19 Å². The Morgan fingerprint density at radius 2 is 1.75 bits per heavy atom. The molecule has 1 aliphatic heterocycles. The molecule has 1 amide bonds. The van der Waals surface area contributed by atoms with Gasteiger partial charge in [-0.05, 0) is 94.7 Å². The molecular weight excluding hydrogens is 544 g/mol. The van der Waals surface area contributed by atoms with Gasteiger partial charge >= 0.3 is 5.97 Å². The molecule has 2 saturated carbocycles. The molecule has 0 aromatic carbocycles. The van der Waals surface area contributed by atoms with Crippen LogP contribution in [0.4, 0.5) is 5.69 Å². The Morgan fingerprint density at radius 3 is 2.38 bits per heavy atom. The molecule has 0 bridgehead atoms. The summed E-state index contributed by atoms with van der Waals surface area (Å²) in [4.78, 5) is 36.7. The maximum Gasteiger partial charge on any atom is 0.348 e. The van der Waals surface area contributed by atoms with Gasteiger partial charge in [0.1, 0.15) is 11.0 Å². The van der Waals surface area contributed by atoms with E-state index in [0.29, 0.717) is 16.8 Å². The van der Waals surface area contributed by atoms with Crippen molar-refractivity contribution in [2.75, 3.05) is 18.0 Å². The van der Waals surface area contributed by atoms with E-state index in [-0.39, 0.29) is 34.3 Å². The van der Waals surface area contributed by atoms with Crippen molar-refractivity contribution in [2.45, 2.75) is 116 Å². The molecule has 0 unspecified atom stereocenters.